The Morgan fingerprint density at radius 2 is 1.89 bits per heavy atom. The highest BCUT2D eigenvalue weighted by molar-refractivity contribution is 7.84. The summed E-state index contributed by atoms with van der Waals surface area (Å²) in [7, 11) is -1.34. The van der Waals surface area contributed by atoms with Crippen LogP contribution in [0.4, 0.5) is 4.39 Å². The van der Waals surface area contributed by atoms with E-state index in [0.717, 1.165) is 0 Å². The van der Waals surface area contributed by atoms with Crippen molar-refractivity contribution in [3.8, 4) is 6.07 Å². The molecular formula is C14H9ClFNOS. The van der Waals surface area contributed by atoms with Crippen LogP contribution in [-0.2, 0) is 16.6 Å². The predicted octanol–water partition coefficient (Wildman–Crippen LogP) is 3.66. The smallest absolute Gasteiger partial charge is 0.123 e. The minimum Gasteiger partial charge on any atom is -0.254 e. The highest BCUT2D eigenvalue weighted by atomic mass is 35.5. The second-order valence-corrected chi connectivity index (χ2v) is 5.74. The van der Waals surface area contributed by atoms with Gasteiger partial charge in [-0.25, -0.2) is 4.39 Å². The first-order valence-electron chi connectivity index (χ1n) is 5.42. The Morgan fingerprint density at radius 3 is 2.53 bits per heavy atom. The van der Waals surface area contributed by atoms with Gasteiger partial charge in [0.2, 0.25) is 0 Å². The van der Waals surface area contributed by atoms with E-state index < -0.39 is 16.6 Å². The van der Waals surface area contributed by atoms with E-state index in [0.29, 0.717) is 21.0 Å². The van der Waals surface area contributed by atoms with E-state index >= 15 is 0 Å². The molecular weight excluding hydrogens is 285 g/mol. The Balaban J connectivity index is 2.26. The number of rotatable bonds is 3. The molecule has 2 aromatic carbocycles. The zero-order valence-electron chi connectivity index (χ0n) is 9.77. The first kappa shape index (κ1) is 13.7. The molecule has 0 amide bonds. The fourth-order valence-corrected chi connectivity index (χ4v) is 2.86. The van der Waals surface area contributed by atoms with Gasteiger partial charge in [-0.2, -0.15) is 5.26 Å². The molecule has 2 nitrogen and oxygen atoms in total. The highest BCUT2D eigenvalue weighted by Crippen LogP contribution is 2.18. The summed E-state index contributed by atoms with van der Waals surface area (Å²) in [6.07, 6.45) is 0. The quantitative estimate of drug-likeness (QED) is 0.866. The van der Waals surface area contributed by atoms with Crippen molar-refractivity contribution in [3.05, 3.63) is 64.4 Å². The molecule has 0 saturated heterocycles. The zero-order chi connectivity index (χ0) is 13.8. The molecule has 0 N–H and O–H groups in total. The lowest BCUT2D eigenvalue weighted by molar-refractivity contribution is 0.626. The first-order chi connectivity index (χ1) is 9.10. The summed E-state index contributed by atoms with van der Waals surface area (Å²) in [5.41, 5.74) is 0.777. The van der Waals surface area contributed by atoms with Crippen molar-refractivity contribution in [2.75, 3.05) is 0 Å². The molecule has 0 fully saturated rings. The number of nitriles is 1. The second-order valence-electron chi connectivity index (χ2n) is 3.86. The van der Waals surface area contributed by atoms with Gasteiger partial charge in [-0.3, -0.25) is 4.21 Å². The molecule has 0 bridgehead atoms. The van der Waals surface area contributed by atoms with E-state index in [4.69, 9.17) is 16.9 Å². The summed E-state index contributed by atoms with van der Waals surface area (Å²) in [4.78, 5) is 0.595. The molecule has 0 saturated carbocycles. The topological polar surface area (TPSA) is 40.9 Å². The number of hydrogen-bond donors (Lipinski definition) is 0. The van der Waals surface area contributed by atoms with Crippen molar-refractivity contribution in [2.45, 2.75) is 10.6 Å². The largest absolute Gasteiger partial charge is 0.254 e. The van der Waals surface area contributed by atoms with Crippen LogP contribution in [0.5, 0.6) is 0 Å². The molecule has 0 aliphatic carbocycles. The number of hydrogen-bond acceptors (Lipinski definition) is 2. The summed E-state index contributed by atoms with van der Waals surface area (Å²) in [5, 5.41) is 9.50. The molecule has 96 valence electrons. The molecule has 0 heterocycles. The van der Waals surface area contributed by atoms with Crippen molar-refractivity contribution in [1.82, 2.24) is 0 Å². The second kappa shape index (κ2) is 5.96. The molecule has 2 aromatic rings. The van der Waals surface area contributed by atoms with E-state index in [1.807, 2.05) is 6.07 Å². The molecule has 19 heavy (non-hydrogen) atoms. The summed E-state index contributed by atoms with van der Waals surface area (Å²) in [6.45, 7) is 0. The monoisotopic (exact) mass is 293 g/mol. The third kappa shape index (κ3) is 3.40. The lowest BCUT2D eigenvalue weighted by Crippen LogP contribution is -1.99. The van der Waals surface area contributed by atoms with E-state index in [9.17, 15) is 8.60 Å². The van der Waals surface area contributed by atoms with Gasteiger partial charge in [-0.15, -0.1) is 0 Å². The van der Waals surface area contributed by atoms with Crippen molar-refractivity contribution in [3.63, 3.8) is 0 Å². The van der Waals surface area contributed by atoms with Crippen LogP contribution < -0.4 is 0 Å². The van der Waals surface area contributed by atoms with Crippen LogP contribution in [0.25, 0.3) is 0 Å². The summed E-state index contributed by atoms with van der Waals surface area (Å²) < 4.78 is 25.3. The van der Waals surface area contributed by atoms with E-state index in [1.165, 1.54) is 18.2 Å². The SMILES string of the molecule is N#Cc1ccc(F)cc1CS(=O)c1ccc(Cl)cc1. The maximum absolute atomic E-state index is 13.2. The Bertz CT molecular complexity index is 664. The normalized spacial score (nSPS) is 11.8. The van der Waals surface area contributed by atoms with Crippen molar-refractivity contribution in [1.29, 1.82) is 5.26 Å². The maximum Gasteiger partial charge on any atom is 0.123 e. The fraction of sp³-hybridized carbons (Fsp3) is 0.0714. The average Bonchev–Trinajstić information content (AvgIpc) is 2.39. The van der Waals surface area contributed by atoms with E-state index in [1.54, 1.807) is 24.3 Å². The van der Waals surface area contributed by atoms with Crippen molar-refractivity contribution in [2.24, 2.45) is 0 Å². The van der Waals surface area contributed by atoms with Crippen LogP contribution >= 0.6 is 11.6 Å². The van der Waals surface area contributed by atoms with Crippen molar-refractivity contribution >= 4 is 22.4 Å². The third-order valence-electron chi connectivity index (χ3n) is 2.55. The Hall–Kier alpha value is -1.70. The standard InChI is InChI=1S/C14H9ClFNOS/c15-12-2-5-14(6-3-12)19(18)9-11-7-13(16)4-1-10(11)8-17/h1-7H,9H2. The lowest BCUT2D eigenvalue weighted by Gasteiger charge is -2.05. The third-order valence-corrected chi connectivity index (χ3v) is 4.17. The van der Waals surface area contributed by atoms with Gasteiger partial charge in [0.15, 0.2) is 0 Å². The van der Waals surface area contributed by atoms with Gasteiger partial charge in [-0.05, 0) is 48.0 Å². The minimum absolute atomic E-state index is 0.0995. The van der Waals surface area contributed by atoms with E-state index in [-0.39, 0.29) is 5.75 Å². The number of benzene rings is 2. The van der Waals surface area contributed by atoms with Gasteiger partial charge in [-0.1, -0.05) is 11.6 Å². The minimum atomic E-state index is -1.34. The van der Waals surface area contributed by atoms with Crippen LogP contribution in [0, 0.1) is 17.1 Å². The molecule has 0 radical (unpaired) electrons. The molecule has 0 spiro atoms. The van der Waals surface area contributed by atoms with E-state index in [2.05, 4.69) is 0 Å². The molecule has 0 aliphatic rings. The molecule has 1 atom stereocenters. The van der Waals surface area contributed by atoms with Crippen LogP contribution in [0.3, 0.4) is 0 Å². The van der Waals surface area contributed by atoms with Gasteiger partial charge in [0.05, 0.1) is 28.2 Å². The van der Waals surface area contributed by atoms with Crippen LogP contribution in [0.15, 0.2) is 47.4 Å². The van der Waals surface area contributed by atoms with Gasteiger partial charge in [0.25, 0.3) is 0 Å². The lowest BCUT2D eigenvalue weighted by atomic mass is 10.1. The summed E-state index contributed by atoms with van der Waals surface area (Å²) in [6, 6.07) is 12.4. The summed E-state index contributed by atoms with van der Waals surface area (Å²) >= 11 is 5.75. The van der Waals surface area contributed by atoms with Crippen molar-refractivity contribution < 1.29 is 8.60 Å². The Kier molecular flexibility index (Phi) is 4.31. The number of halogens is 2. The molecule has 0 aliphatic heterocycles. The average molecular weight is 294 g/mol. The molecule has 5 heteroatoms. The van der Waals surface area contributed by atoms with Crippen LogP contribution in [0.1, 0.15) is 11.1 Å². The van der Waals surface area contributed by atoms with Gasteiger partial charge >= 0.3 is 0 Å². The molecule has 2 rings (SSSR count). The van der Waals surface area contributed by atoms with Gasteiger partial charge in [0, 0.05) is 9.92 Å². The van der Waals surface area contributed by atoms with Gasteiger partial charge in [0.1, 0.15) is 5.82 Å². The fourth-order valence-electron chi connectivity index (χ4n) is 1.60. The Labute approximate surface area is 117 Å². The zero-order valence-corrected chi connectivity index (χ0v) is 11.3. The molecule has 0 aromatic heterocycles. The predicted molar refractivity (Wildman–Crippen MR) is 72.7 cm³/mol. The summed E-state index contributed by atoms with van der Waals surface area (Å²) in [5.74, 6) is -0.343. The molecule has 1 unspecified atom stereocenters. The van der Waals surface area contributed by atoms with Crippen LogP contribution in [0.2, 0.25) is 5.02 Å². The van der Waals surface area contributed by atoms with Crippen LogP contribution in [-0.4, -0.2) is 4.21 Å². The maximum atomic E-state index is 13.2. The Morgan fingerprint density at radius 1 is 1.21 bits per heavy atom. The number of nitrogens with zero attached hydrogens (tertiary/aromatic N) is 1. The first-order valence-corrected chi connectivity index (χ1v) is 7.12. The van der Waals surface area contributed by atoms with Gasteiger partial charge < -0.3 is 0 Å². The highest BCUT2D eigenvalue weighted by Gasteiger charge is 2.10.